The second kappa shape index (κ2) is 9.25. The Balaban J connectivity index is 1.42. The number of urea groups is 1. The first-order valence-electron chi connectivity index (χ1n) is 10.9. The summed E-state index contributed by atoms with van der Waals surface area (Å²) in [6.45, 7) is 4.93. The average molecular weight is 454 g/mol. The molecule has 6 nitrogen and oxygen atoms in total. The normalized spacial score (nSPS) is 16.9. The van der Waals surface area contributed by atoms with Crippen molar-refractivity contribution >= 4 is 34.5 Å². The molecule has 2 unspecified atom stereocenters. The number of carbonyl (C=O) groups excluding carboxylic acids is 2. The quantitative estimate of drug-likeness (QED) is 0.571. The van der Waals surface area contributed by atoms with E-state index < -0.39 is 6.04 Å². The van der Waals surface area contributed by atoms with Crippen LogP contribution in [0.2, 0.25) is 5.02 Å². The fourth-order valence-corrected chi connectivity index (χ4v) is 4.53. The Morgan fingerprint density at radius 3 is 2.66 bits per heavy atom. The number of amides is 3. The summed E-state index contributed by atoms with van der Waals surface area (Å²) in [5, 5.41) is 4.73. The number of nitrogens with one attached hydrogen (secondary N) is 1. The van der Waals surface area contributed by atoms with Crippen LogP contribution < -0.4 is 5.32 Å². The van der Waals surface area contributed by atoms with Crippen molar-refractivity contribution in [2.45, 2.75) is 45.3 Å². The van der Waals surface area contributed by atoms with Gasteiger partial charge in [-0.25, -0.2) is 4.79 Å². The molecule has 3 amide bonds. The van der Waals surface area contributed by atoms with Gasteiger partial charge in [0.05, 0.1) is 6.04 Å². The van der Waals surface area contributed by atoms with Crippen LogP contribution >= 0.6 is 11.6 Å². The van der Waals surface area contributed by atoms with Gasteiger partial charge in [-0.05, 0) is 50.5 Å². The summed E-state index contributed by atoms with van der Waals surface area (Å²) in [6.07, 6.45) is 1.46. The highest BCUT2D eigenvalue weighted by molar-refractivity contribution is 6.30. The lowest BCUT2D eigenvalue weighted by atomic mass is 10.1. The summed E-state index contributed by atoms with van der Waals surface area (Å²) in [4.78, 5) is 29.5. The Morgan fingerprint density at radius 1 is 1.22 bits per heavy atom. The number of aryl methyl sites for hydroxylation is 1. The van der Waals surface area contributed by atoms with E-state index in [1.807, 2.05) is 62.4 Å². The fourth-order valence-electron chi connectivity index (χ4n) is 4.40. The highest BCUT2D eigenvalue weighted by Crippen LogP contribution is 2.29. The molecule has 0 saturated carbocycles. The number of halogens is 1. The Kier molecular flexibility index (Phi) is 6.42. The molecular weight excluding hydrogens is 426 g/mol. The van der Waals surface area contributed by atoms with Gasteiger partial charge in [-0.2, -0.15) is 0 Å². The largest absolute Gasteiger partial charge is 0.459 e. The number of carbonyl (C=O) groups is 2. The van der Waals surface area contributed by atoms with E-state index in [1.165, 1.54) is 0 Å². The minimum Gasteiger partial charge on any atom is -0.459 e. The number of rotatable bonds is 5. The number of nitrogens with zero attached hydrogens (tertiary/aromatic N) is 2. The van der Waals surface area contributed by atoms with Crippen LogP contribution in [0.15, 0.2) is 52.9 Å². The van der Waals surface area contributed by atoms with Gasteiger partial charge < -0.3 is 19.5 Å². The van der Waals surface area contributed by atoms with Crippen molar-refractivity contribution in [3.8, 4) is 0 Å². The molecule has 1 N–H and O–H groups in total. The summed E-state index contributed by atoms with van der Waals surface area (Å²) in [7, 11) is 1.77. The van der Waals surface area contributed by atoms with E-state index in [-0.39, 0.29) is 18.0 Å². The molecular formula is C25H28ClN3O3. The number of hydrogen-bond acceptors (Lipinski definition) is 3. The highest BCUT2D eigenvalue weighted by atomic mass is 35.5. The summed E-state index contributed by atoms with van der Waals surface area (Å²) < 4.78 is 5.99. The Morgan fingerprint density at radius 2 is 1.94 bits per heavy atom. The van der Waals surface area contributed by atoms with Gasteiger partial charge in [0.2, 0.25) is 5.91 Å². The molecule has 1 fully saturated rings. The number of para-hydroxylation sites is 1. The molecule has 168 valence electrons. The van der Waals surface area contributed by atoms with Crippen molar-refractivity contribution in [1.82, 2.24) is 15.1 Å². The Labute approximate surface area is 193 Å². The summed E-state index contributed by atoms with van der Waals surface area (Å²) in [5.41, 5.74) is 2.82. The smallest absolute Gasteiger partial charge is 0.318 e. The van der Waals surface area contributed by atoms with Crippen molar-refractivity contribution in [3.05, 3.63) is 70.4 Å². The first-order valence-corrected chi connectivity index (χ1v) is 11.3. The monoisotopic (exact) mass is 453 g/mol. The first-order chi connectivity index (χ1) is 15.3. The maximum atomic E-state index is 13.1. The molecule has 1 saturated heterocycles. The molecule has 1 aliphatic heterocycles. The number of furan rings is 1. The van der Waals surface area contributed by atoms with Crippen LogP contribution in [-0.2, 0) is 11.3 Å². The number of likely N-dealkylation sites (tertiary alicyclic amines) is 1. The van der Waals surface area contributed by atoms with E-state index in [1.54, 1.807) is 16.8 Å². The summed E-state index contributed by atoms with van der Waals surface area (Å²) >= 11 is 5.95. The van der Waals surface area contributed by atoms with Crippen molar-refractivity contribution in [3.63, 3.8) is 0 Å². The van der Waals surface area contributed by atoms with Crippen molar-refractivity contribution in [1.29, 1.82) is 0 Å². The second-order valence-corrected chi connectivity index (χ2v) is 8.87. The lowest BCUT2D eigenvalue weighted by molar-refractivity contribution is -0.134. The predicted molar refractivity (Wildman–Crippen MR) is 126 cm³/mol. The van der Waals surface area contributed by atoms with Gasteiger partial charge >= 0.3 is 6.03 Å². The lowest BCUT2D eigenvalue weighted by Gasteiger charge is -2.29. The molecule has 3 aromatic rings. The standard InChI is InChI=1S/C25H28ClN3O3/c1-16-20-7-4-5-9-22(20)32-23(16)17(2)27-25(31)29-14-6-8-21(29)24(30)28(3)15-18-10-12-19(26)13-11-18/h4-5,7,9-13,17,21H,6,8,14-15H2,1-3H3,(H,27,31). The zero-order chi connectivity index (χ0) is 22.8. The second-order valence-electron chi connectivity index (χ2n) is 8.43. The van der Waals surface area contributed by atoms with Gasteiger partial charge in [-0.15, -0.1) is 0 Å². The van der Waals surface area contributed by atoms with Crippen LogP contribution in [0.1, 0.15) is 42.7 Å². The van der Waals surface area contributed by atoms with Gasteiger partial charge in [-0.3, -0.25) is 4.79 Å². The number of likely N-dealkylation sites (N-methyl/N-ethyl adjacent to an activating group) is 1. The molecule has 1 aliphatic rings. The zero-order valence-electron chi connectivity index (χ0n) is 18.6. The van der Waals surface area contributed by atoms with Crippen LogP contribution in [0.25, 0.3) is 11.0 Å². The average Bonchev–Trinajstić information content (AvgIpc) is 3.40. The predicted octanol–water partition coefficient (Wildman–Crippen LogP) is 5.29. The van der Waals surface area contributed by atoms with Gasteiger partial charge in [0, 0.05) is 36.1 Å². The number of hydrogen-bond donors (Lipinski definition) is 1. The third-order valence-electron chi connectivity index (χ3n) is 6.12. The maximum Gasteiger partial charge on any atom is 0.318 e. The molecule has 0 radical (unpaired) electrons. The van der Waals surface area contributed by atoms with Gasteiger partial charge in [-0.1, -0.05) is 41.9 Å². The molecule has 0 bridgehead atoms. The van der Waals surface area contributed by atoms with Gasteiger partial charge in [0.25, 0.3) is 0 Å². The maximum absolute atomic E-state index is 13.1. The van der Waals surface area contributed by atoms with Crippen molar-refractivity contribution < 1.29 is 14.0 Å². The van der Waals surface area contributed by atoms with Crippen molar-refractivity contribution in [2.75, 3.05) is 13.6 Å². The number of fused-ring (bicyclic) bond motifs is 1. The molecule has 0 aliphatic carbocycles. The molecule has 1 aromatic heterocycles. The minimum absolute atomic E-state index is 0.0554. The van der Waals surface area contributed by atoms with Crippen molar-refractivity contribution in [2.24, 2.45) is 0 Å². The van der Waals surface area contributed by atoms with E-state index in [4.69, 9.17) is 16.0 Å². The fraction of sp³-hybridized carbons (Fsp3) is 0.360. The van der Waals surface area contributed by atoms with Gasteiger partial charge in [0.1, 0.15) is 17.4 Å². The van der Waals surface area contributed by atoms with Crippen LogP contribution in [0.4, 0.5) is 4.79 Å². The lowest BCUT2D eigenvalue weighted by Crippen LogP contribution is -2.50. The molecule has 7 heteroatoms. The first kappa shape index (κ1) is 22.2. The molecule has 32 heavy (non-hydrogen) atoms. The minimum atomic E-state index is -0.462. The van der Waals surface area contributed by atoms with Crippen LogP contribution in [-0.4, -0.2) is 41.4 Å². The molecule has 2 heterocycles. The van der Waals surface area contributed by atoms with E-state index in [9.17, 15) is 9.59 Å². The molecule has 4 rings (SSSR count). The Hall–Kier alpha value is -2.99. The molecule has 2 aromatic carbocycles. The SMILES string of the molecule is Cc1c(C(C)NC(=O)N2CCCC2C(=O)N(C)Cc2ccc(Cl)cc2)oc2ccccc12. The van der Waals surface area contributed by atoms with Gasteiger partial charge in [0.15, 0.2) is 0 Å². The van der Waals surface area contributed by atoms with E-state index in [0.717, 1.165) is 34.3 Å². The molecule has 2 atom stereocenters. The van der Waals surface area contributed by atoms with E-state index in [2.05, 4.69) is 5.32 Å². The third kappa shape index (κ3) is 4.46. The molecule has 0 spiro atoms. The highest BCUT2D eigenvalue weighted by Gasteiger charge is 2.36. The van der Waals surface area contributed by atoms with Crippen LogP contribution in [0, 0.1) is 6.92 Å². The zero-order valence-corrected chi connectivity index (χ0v) is 19.4. The third-order valence-corrected chi connectivity index (χ3v) is 6.37. The Bertz CT molecular complexity index is 1130. The summed E-state index contributed by atoms with van der Waals surface area (Å²) in [5.74, 6) is 0.682. The topological polar surface area (TPSA) is 65.8 Å². The summed E-state index contributed by atoms with van der Waals surface area (Å²) in [6, 6.07) is 14.3. The van der Waals surface area contributed by atoms with Crippen LogP contribution in [0.3, 0.4) is 0 Å². The van der Waals surface area contributed by atoms with E-state index >= 15 is 0 Å². The van der Waals surface area contributed by atoms with E-state index in [0.29, 0.717) is 24.5 Å². The number of benzene rings is 2. The van der Waals surface area contributed by atoms with Crippen LogP contribution in [0.5, 0.6) is 0 Å².